The van der Waals surface area contributed by atoms with Gasteiger partial charge in [0, 0.05) is 11.7 Å². The molecule has 1 aromatic carbocycles. The Kier molecular flexibility index (Phi) is 2.44. The van der Waals surface area contributed by atoms with E-state index < -0.39 is 0 Å². The molecule has 1 heterocycles. The molecule has 1 amide bonds. The summed E-state index contributed by atoms with van der Waals surface area (Å²) in [7, 11) is 0. The first kappa shape index (κ1) is 10.1. The minimum absolute atomic E-state index is 0.0478. The fourth-order valence-electron chi connectivity index (χ4n) is 1.89. The highest BCUT2D eigenvalue weighted by atomic mass is 19.1. The highest BCUT2D eigenvalue weighted by Crippen LogP contribution is 2.29. The molecule has 1 unspecified atom stereocenters. The molecule has 1 aromatic rings. The van der Waals surface area contributed by atoms with Crippen LogP contribution >= 0.6 is 0 Å². The van der Waals surface area contributed by atoms with Crippen LogP contribution in [0.5, 0.6) is 0 Å². The van der Waals surface area contributed by atoms with E-state index in [1.807, 2.05) is 6.92 Å². The van der Waals surface area contributed by atoms with E-state index in [1.54, 1.807) is 0 Å². The third-order valence-electron chi connectivity index (χ3n) is 2.42. The van der Waals surface area contributed by atoms with E-state index in [0.717, 1.165) is 16.8 Å². The zero-order valence-electron chi connectivity index (χ0n) is 8.51. The van der Waals surface area contributed by atoms with Crippen molar-refractivity contribution < 1.29 is 9.18 Å². The topological polar surface area (TPSA) is 55.1 Å². The number of anilines is 1. The Morgan fingerprint density at radius 1 is 1.60 bits per heavy atom. The molecule has 15 heavy (non-hydrogen) atoms. The lowest BCUT2D eigenvalue weighted by Crippen LogP contribution is -2.18. The van der Waals surface area contributed by atoms with Gasteiger partial charge in [-0.05, 0) is 36.6 Å². The van der Waals surface area contributed by atoms with Gasteiger partial charge in [0.05, 0.1) is 6.42 Å². The zero-order chi connectivity index (χ0) is 11.0. The molecule has 3 nitrogen and oxygen atoms in total. The minimum atomic E-state index is -0.305. The average Bonchev–Trinajstić information content (AvgIpc) is 2.44. The Labute approximate surface area is 87.5 Å². The van der Waals surface area contributed by atoms with Crippen LogP contribution < -0.4 is 11.1 Å². The summed E-state index contributed by atoms with van der Waals surface area (Å²) in [5.74, 6) is -0.387. The lowest BCUT2D eigenvalue weighted by atomic mass is 10.0. The number of benzene rings is 1. The SMILES string of the molecule is CC(N)Cc1cc(F)cc2c1NC(=O)C2. The summed E-state index contributed by atoms with van der Waals surface area (Å²) in [5.41, 5.74) is 7.93. The van der Waals surface area contributed by atoms with Crippen LogP contribution in [0.1, 0.15) is 18.1 Å². The third-order valence-corrected chi connectivity index (χ3v) is 2.42. The maximum atomic E-state index is 13.2. The predicted octanol–water partition coefficient (Wildman–Crippen LogP) is 1.21. The van der Waals surface area contributed by atoms with E-state index in [1.165, 1.54) is 12.1 Å². The maximum Gasteiger partial charge on any atom is 0.228 e. The van der Waals surface area contributed by atoms with Crippen molar-refractivity contribution in [3.05, 3.63) is 29.1 Å². The normalized spacial score (nSPS) is 16.1. The van der Waals surface area contributed by atoms with E-state index in [4.69, 9.17) is 5.73 Å². The highest BCUT2D eigenvalue weighted by Gasteiger charge is 2.22. The number of carbonyl (C=O) groups excluding carboxylic acids is 1. The van der Waals surface area contributed by atoms with E-state index in [-0.39, 0.29) is 24.2 Å². The van der Waals surface area contributed by atoms with E-state index in [2.05, 4.69) is 5.32 Å². The second-order valence-corrected chi connectivity index (χ2v) is 4.01. The van der Waals surface area contributed by atoms with Crippen LogP contribution in [-0.2, 0) is 17.6 Å². The third kappa shape index (κ3) is 1.99. The molecule has 0 aromatic heterocycles. The Morgan fingerprint density at radius 3 is 3.00 bits per heavy atom. The van der Waals surface area contributed by atoms with E-state index in [9.17, 15) is 9.18 Å². The van der Waals surface area contributed by atoms with Crippen molar-refractivity contribution in [2.75, 3.05) is 5.32 Å². The van der Waals surface area contributed by atoms with Gasteiger partial charge in [0.15, 0.2) is 0 Å². The summed E-state index contributed by atoms with van der Waals surface area (Å²) in [5, 5.41) is 2.74. The Balaban J connectivity index is 2.42. The molecule has 1 aliphatic rings. The fourth-order valence-corrected chi connectivity index (χ4v) is 1.89. The number of rotatable bonds is 2. The standard InChI is InChI=1S/C11H13FN2O/c1-6(13)2-7-3-9(12)4-8-5-10(15)14-11(7)8/h3-4,6H,2,5,13H2,1H3,(H,14,15). The number of fused-ring (bicyclic) bond motifs is 1. The van der Waals surface area contributed by atoms with E-state index >= 15 is 0 Å². The lowest BCUT2D eigenvalue weighted by Gasteiger charge is -2.10. The van der Waals surface area contributed by atoms with Crippen LogP contribution in [0.3, 0.4) is 0 Å². The van der Waals surface area contributed by atoms with Gasteiger partial charge < -0.3 is 11.1 Å². The minimum Gasteiger partial charge on any atom is -0.328 e. The summed E-state index contributed by atoms with van der Waals surface area (Å²) < 4.78 is 13.2. The summed E-state index contributed by atoms with van der Waals surface area (Å²) in [4.78, 5) is 11.2. The van der Waals surface area contributed by atoms with Crippen molar-refractivity contribution in [1.29, 1.82) is 0 Å². The Morgan fingerprint density at radius 2 is 2.33 bits per heavy atom. The van der Waals surface area contributed by atoms with Crippen molar-refractivity contribution >= 4 is 11.6 Å². The van der Waals surface area contributed by atoms with Crippen molar-refractivity contribution in [2.45, 2.75) is 25.8 Å². The molecule has 1 atom stereocenters. The molecule has 0 fully saturated rings. The predicted molar refractivity (Wildman–Crippen MR) is 56.1 cm³/mol. The Bertz CT molecular complexity index is 415. The molecule has 4 heteroatoms. The van der Waals surface area contributed by atoms with Crippen molar-refractivity contribution in [3.8, 4) is 0 Å². The van der Waals surface area contributed by atoms with Gasteiger partial charge in [-0.3, -0.25) is 4.79 Å². The second-order valence-electron chi connectivity index (χ2n) is 4.01. The molecule has 0 saturated carbocycles. The molecule has 2 rings (SSSR count). The molecule has 0 spiro atoms. The molecule has 80 valence electrons. The Hall–Kier alpha value is -1.42. The number of nitrogens with one attached hydrogen (secondary N) is 1. The van der Waals surface area contributed by atoms with Crippen LogP contribution in [0, 0.1) is 5.82 Å². The largest absolute Gasteiger partial charge is 0.328 e. The van der Waals surface area contributed by atoms with Crippen LogP contribution in [0.15, 0.2) is 12.1 Å². The average molecular weight is 208 g/mol. The number of nitrogens with two attached hydrogens (primary N) is 1. The molecule has 0 saturated heterocycles. The van der Waals surface area contributed by atoms with Crippen molar-refractivity contribution in [1.82, 2.24) is 0 Å². The molecule has 0 bridgehead atoms. The van der Waals surface area contributed by atoms with Gasteiger partial charge in [0.1, 0.15) is 5.82 Å². The summed E-state index contributed by atoms with van der Waals surface area (Å²) >= 11 is 0. The maximum absolute atomic E-state index is 13.2. The molecule has 0 radical (unpaired) electrons. The molecular formula is C11H13FN2O. The number of carbonyl (C=O) groups is 1. The van der Waals surface area contributed by atoms with Gasteiger partial charge in [0.25, 0.3) is 0 Å². The zero-order valence-corrected chi connectivity index (χ0v) is 8.51. The van der Waals surface area contributed by atoms with Gasteiger partial charge in [-0.2, -0.15) is 0 Å². The first-order chi connectivity index (χ1) is 7.06. The molecule has 0 aliphatic carbocycles. The number of halogens is 1. The number of amides is 1. The molecule has 3 N–H and O–H groups in total. The summed E-state index contributed by atoms with van der Waals surface area (Å²) in [6.07, 6.45) is 0.833. The number of hydrogen-bond acceptors (Lipinski definition) is 2. The first-order valence-corrected chi connectivity index (χ1v) is 4.93. The van der Waals surface area contributed by atoms with Gasteiger partial charge in [-0.25, -0.2) is 4.39 Å². The smallest absolute Gasteiger partial charge is 0.228 e. The number of hydrogen-bond donors (Lipinski definition) is 2. The van der Waals surface area contributed by atoms with Gasteiger partial charge in [-0.1, -0.05) is 0 Å². The van der Waals surface area contributed by atoms with Crippen LogP contribution in [0.2, 0.25) is 0 Å². The van der Waals surface area contributed by atoms with Crippen molar-refractivity contribution in [3.63, 3.8) is 0 Å². The quantitative estimate of drug-likeness (QED) is 0.767. The molecular weight excluding hydrogens is 195 g/mol. The van der Waals surface area contributed by atoms with Gasteiger partial charge >= 0.3 is 0 Å². The van der Waals surface area contributed by atoms with E-state index in [0.29, 0.717) is 6.42 Å². The first-order valence-electron chi connectivity index (χ1n) is 4.93. The summed E-state index contributed by atoms with van der Waals surface area (Å²) in [6, 6.07) is 2.79. The van der Waals surface area contributed by atoms with Crippen LogP contribution in [0.25, 0.3) is 0 Å². The van der Waals surface area contributed by atoms with Crippen LogP contribution in [0.4, 0.5) is 10.1 Å². The highest BCUT2D eigenvalue weighted by molar-refractivity contribution is 6.00. The van der Waals surface area contributed by atoms with Gasteiger partial charge in [0.2, 0.25) is 5.91 Å². The van der Waals surface area contributed by atoms with Gasteiger partial charge in [-0.15, -0.1) is 0 Å². The van der Waals surface area contributed by atoms with Crippen molar-refractivity contribution in [2.24, 2.45) is 5.73 Å². The fraction of sp³-hybridized carbons (Fsp3) is 0.364. The molecule has 1 aliphatic heterocycles. The lowest BCUT2D eigenvalue weighted by molar-refractivity contribution is -0.115. The summed E-state index contributed by atoms with van der Waals surface area (Å²) in [6.45, 7) is 1.86. The second kappa shape index (κ2) is 3.62. The monoisotopic (exact) mass is 208 g/mol. The van der Waals surface area contributed by atoms with Crippen LogP contribution in [-0.4, -0.2) is 11.9 Å².